The lowest BCUT2D eigenvalue weighted by Gasteiger charge is -2.35. The van der Waals surface area contributed by atoms with Crippen LogP contribution in [-0.2, 0) is 14.8 Å². The Labute approximate surface area is 222 Å². The van der Waals surface area contributed by atoms with E-state index in [0.717, 1.165) is 0 Å². The van der Waals surface area contributed by atoms with Crippen molar-refractivity contribution in [3.63, 3.8) is 0 Å². The molecule has 38 heavy (non-hydrogen) atoms. The number of nitrogens with zero attached hydrogens (tertiary/aromatic N) is 7. The smallest absolute Gasteiger partial charge is 0.245 e. The van der Waals surface area contributed by atoms with Gasteiger partial charge in [0.2, 0.25) is 34.2 Å². The van der Waals surface area contributed by atoms with E-state index in [0.29, 0.717) is 6.42 Å². The number of sulfonamides is 1. The van der Waals surface area contributed by atoms with Gasteiger partial charge in [-0.05, 0) is 19.8 Å². The van der Waals surface area contributed by atoms with E-state index in [1.165, 1.54) is 51.5 Å². The highest BCUT2D eigenvalue weighted by Gasteiger charge is 2.43. The van der Waals surface area contributed by atoms with Crippen molar-refractivity contribution >= 4 is 27.6 Å². The molecule has 17 heteroatoms. The van der Waals surface area contributed by atoms with Crippen molar-refractivity contribution in [3.05, 3.63) is 35.4 Å². The first kappa shape index (κ1) is 27.8. The van der Waals surface area contributed by atoms with Crippen molar-refractivity contribution in [2.45, 2.75) is 43.5 Å². The van der Waals surface area contributed by atoms with Gasteiger partial charge in [0, 0.05) is 31.3 Å². The van der Waals surface area contributed by atoms with Gasteiger partial charge in [-0.15, -0.1) is 10.2 Å². The second-order valence-corrected chi connectivity index (χ2v) is 10.9. The van der Waals surface area contributed by atoms with Crippen LogP contribution in [0.25, 0.3) is 5.69 Å². The van der Waals surface area contributed by atoms with E-state index >= 15 is 0 Å². The standard InChI is InChI=1S/C21H25ClF2N8O5S/c1-10(15(35-2)17-25-7-11(22)8-26-17)38(33,34)31-21-30-29-18(13-6-5-12(13)16(23)24)32(21)14-19(36-3)27-9-28-20(14)37-4/h7-10,12-13,15-16H,5-6H2,1-4H3,(H,30,31)/t10-,12-,13+,15-/m0/s1. The van der Waals surface area contributed by atoms with E-state index in [4.69, 9.17) is 25.8 Å². The number of hydrogen-bond acceptors (Lipinski definition) is 11. The fourth-order valence-corrected chi connectivity index (χ4v) is 5.40. The van der Waals surface area contributed by atoms with Gasteiger partial charge >= 0.3 is 0 Å². The molecule has 4 rings (SSSR count). The monoisotopic (exact) mass is 574 g/mol. The second-order valence-electron chi connectivity index (χ2n) is 8.41. The molecule has 0 unspecified atom stereocenters. The van der Waals surface area contributed by atoms with Crippen LogP contribution in [-0.4, -0.2) is 76.1 Å². The molecule has 3 heterocycles. The highest BCUT2D eigenvalue weighted by molar-refractivity contribution is 7.93. The Balaban J connectivity index is 1.79. The number of aromatic nitrogens is 7. The van der Waals surface area contributed by atoms with Crippen LogP contribution in [0.4, 0.5) is 14.7 Å². The molecule has 0 radical (unpaired) electrons. The molecule has 4 atom stereocenters. The molecule has 3 aromatic heterocycles. The summed E-state index contributed by atoms with van der Waals surface area (Å²) in [5.41, 5.74) is 0.0482. The molecule has 13 nitrogen and oxygen atoms in total. The molecule has 0 aromatic carbocycles. The summed E-state index contributed by atoms with van der Waals surface area (Å²) in [5, 5.41) is 7.12. The molecule has 1 saturated carbocycles. The predicted molar refractivity (Wildman–Crippen MR) is 130 cm³/mol. The Morgan fingerprint density at radius 3 is 2.18 bits per heavy atom. The van der Waals surface area contributed by atoms with Crippen LogP contribution >= 0.6 is 11.6 Å². The molecule has 206 valence electrons. The summed E-state index contributed by atoms with van der Waals surface area (Å²) >= 11 is 5.84. The lowest BCUT2D eigenvalue weighted by atomic mass is 9.73. The molecule has 0 saturated heterocycles. The number of halogens is 3. The van der Waals surface area contributed by atoms with Crippen molar-refractivity contribution in [2.24, 2.45) is 5.92 Å². The van der Waals surface area contributed by atoms with Crippen LogP contribution in [0, 0.1) is 5.92 Å². The predicted octanol–water partition coefficient (Wildman–Crippen LogP) is 2.79. The topological polar surface area (TPSA) is 156 Å². The highest BCUT2D eigenvalue weighted by Crippen LogP contribution is 2.47. The maximum Gasteiger partial charge on any atom is 0.245 e. The number of hydrogen-bond donors (Lipinski definition) is 1. The van der Waals surface area contributed by atoms with Crippen molar-refractivity contribution in [1.82, 2.24) is 34.7 Å². The lowest BCUT2D eigenvalue weighted by molar-refractivity contribution is 0.0139. The van der Waals surface area contributed by atoms with Gasteiger partial charge in [0.25, 0.3) is 0 Å². The summed E-state index contributed by atoms with van der Waals surface area (Å²) in [4.78, 5) is 16.2. The zero-order valence-corrected chi connectivity index (χ0v) is 22.3. The number of nitrogens with one attached hydrogen (secondary N) is 1. The normalized spacial score (nSPS) is 19.1. The lowest BCUT2D eigenvalue weighted by Crippen LogP contribution is -2.34. The number of rotatable bonds is 11. The fraction of sp³-hybridized carbons (Fsp3) is 0.524. The summed E-state index contributed by atoms with van der Waals surface area (Å²) < 4.78 is 74.0. The average molecular weight is 575 g/mol. The van der Waals surface area contributed by atoms with Crippen LogP contribution < -0.4 is 14.2 Å². The van der Waals surface area contributed by atoms with Gasteiger partial charge in [0.15, 0.2) is 11.5 Å². The third kappa shape index (κ3) is 5.19. The van der Waals surface area contributed by atoms with Gasteiger partial charge in [-0.25, -0.2) is 27.2 Å². The second kappa shape index (κ2) is 11.2. The molecule has 1 N–H and O–H groups in total. The van der Waals surface area contributed by atoms with Gasteiger partial charge in [0.1, 0.15) is 23.5 Å². The maximum absolute atomic E-state index is 13.7. The van der Waals surface area contributed by atoms with Crippen LogP contribution in [0.1, 0.15) is 43.4 Å². The molecule has 0 aliphatic heterocycles. The van der Waals surface area contributed by atoms with E-state index in [-0.39, 0.29) is 46.5 Å². The van der Waals surface area contributed by atoms with E-state index in [2.05, 4.69) is 34.9 Å². The van der Waals surface area contributed by atoms with Crippen LogP contribution in [0.15, 0.2) is 18.7 Å². The first-order valence-corrected chi connectivity index (χ1v) is 13.2. The quantitative estimate of drug-likeness (QED) is 0.359. The van der Waals surface area contributed by atoms with Gasteiger partial charge in [-0.1, -0.05) is 11.6 Å². The third-order valence-electron chi connectivity index (χ3n) is 6.33. The molecule has 0 spiro atoms. The Bertz CT molecular complexity index is 1360. The Kier molecular flexibility index (Phi) is 8.22. The molecule has 0 amide bonds. The van der Waals surface area contributed by atoms with E-state index in [1.54, 1.807) is 0 Å². The maximum atomic E-state index is 13.7. The molecular weight excluding hydrogens is 550 g/mol. The Morgan fingerprint density at radius 1 is 1.05 bits per heavy atom. The molecule has 1 fully saturated rings. The summed E-state index contributed by atoms with van der Waals surface area (Å²) in [6.07, 6.45) is 0.807. The van der Waals surface area contributed by atoms with E-state index in [1.807, 2.05) is 0 Å². The van der Waals surface area contributed by atoms with Crippen LogP contribution in [0.3, 0.4) is 0 Å². The van der Waals surface area contributed by atoms with Gasteiger partial charge < -0.3 is 14.2 Å². The van der Waals surface area contributed by atoms with E-state index < -0.39 is 39.6 Å². The minimum absolute atomic E-state index is 0.0105. The van der Waals surface area contributed by atoms with Crippen LogP contribution in [0.2, 0.25) is 5.02 Å². The average Bonchev–Trinajstić information content (AvgIpc) is 3.25. The number of ether oxygens (including phenoxy) is 3. The molecule has 3 aromatic rings. The summed E-state index contributed by atoms with van der Waals surface area (Å²) in [6.45, 7) is 1.39. The van der Waals surface area contributed by atoms with Crippen molar-refractivity contribution in [1.29, 1.82) is 0 Å². The first-order valence-electron chi connectivity index (χ1n) is 11.3. The van der Waals surface area contributed by atoms with Crippen molar-refractivity contribution in [3.8, 4) is 17.4 Å². The molecule has 1 aliphatic rings. The summed E-state index contributed by atoms with van der Waals surface area (Å²) in [7, 11) is -0.282. The fourth-order valence-electron chi connectivity index (χ4n) is 4.17. The Morgan fingerprint density at radius 2 is 1.68 bits per heavy atom. The minimum atomic E-state index is -4.27. The van der Waals surface area contributed by atoms with Gasteiger partial charge in [-0.2, -0.15) is 9.97 Å². The largest absolute Gasteiger partial charge is 0.479 e. The Hall–Kier alpha value is -3.24. The van der Waals surface area contributed by atoms with Crippen molar-refractivity contribution in [2.75, 3.05) is 26.1 Å². The molecule has 1 aliphatic carbocycles. The van der Waals surface area contributed by atoms with Gasteiger partial charge in [0.05, 0.1) is 19.2 Å². The minimum Gasteiger partial charge on any atom is -0.479 e. The summed E-state index contributed by atoms with van der Waals surface area (Å²) in [6, 6.07) is 0. The molecule has 0 bridgehead atoms. The number of methoxy groups -OCH3 is 3. The van der Waals surface area contributed by atoms with Gasteiger partial charge in [-0.3, -0.25) is 9.29 Å². The number of anilines is 1. The SMILES string of the molecule is COc1ncnc(OC)c1-n1c(NS(=O)(=O)[C@@H](C)[C@H](OC)c2ncc(Cl)cn2)nnc1[C@@H]1CC[C@@H]1C(F)F. The highest BCUT2D eigenvalue weighted by atomic mass is 35.5. The third-order valence-corrected chi connectivity index (χ3v) is 8.22. The first-order chi connectivity index (χ1) is 18.1. The van der Waals surface area contributed by atoms with Crippen LogP contribution in [0.5, 0.6) is 11.8 Å². The van der Waals surface area contributed by atoms with Crippen molar-refractivity contribution < 1.29 is 31.4 Å². The zero-order chi connectivity index (χ0) is 27.6. The van der Waals surface area contributed by atoms with E-state index in [9.17, 15) is 17.2 Å². The summed E-state index contributed by atoms with van der Waals surface area (Å²) in [5.74, 6) is -1.84. The number of alkyl halides is 2. The molecular formula is C21H25ClF2N8O5S. The zero-order valence-electron chi connectivity index (χ0n) is 20.7.